The molecule has 0 aromatic carbocycles. The predicted octanol–water partition coefficient (Wildman–Crippen LogP) is 2.82. The van der Waals surface area contributed by atoms with Gasteiger partial charge < -0.3 is 9.64 Å². The van der Waals surface area contributed by atoms with Crippen LogP contribution in [-0.4, -0.2) is 48.7 Å². The molecule has 0 aromatic rings. The number of hydrogen-bond donors (Lipinski definition) is 1. The molecule has 0 bridgehead atoms. The van der Waals surface area contributed by atoms with E-state index in [1.807, 2.05) is 13.8 Å². The zero-order valence-electron chi connectivity index (χ0n) is 14.7. The lowest BCUT2D eigenvalue weighted by Gasteiger charge is -2.33. The standard InChI is InChI=1S/C17H34N2O2/c1-7-21-16(20)17(5,18-15-8-9-15)10-11-19(6)14(4)12-13(2)3/h13-15,18H,7-12H2,1-6H3. The van der Waals surface area contributed by atoms with Crippen LogP contribution in [0.1, 0.15) is 60.3 Å². The summed E-state index contributed by atoms with van der Waals surface area (Å²) in [6.45, 7) is 12.0. The Labute approximate surface area is 130 Å². The maximum Gasteiger partial charge on any atom is 0.326 e. The van der Waals surface area contributed by atoms with E-state index in [1.165, 1.54) is 19.3 Å². The quantitative estimate of drug-likeness (QED) is 0.630. The van der Waals surface area contributed by atoms with Crippen LogP contribution in [0.2, 0.25) is 0 Å². The Kier molecular flexibility index (Phi) is 7.14. The Hall–Kier alpha value is -0.610. The van der Waals surface area contributed by atoms with E-state index in [0.29, 0.717) is 24.6 Å². The second-order valence-corrected chi connectivity index (χ2v) is 7.18. The molecule has 0 aromatic heterocycles. The van der Waals surface area contributed by atoms with Crippen molar-refractivity contribution in [2.24, 2.45) is 5.92 Å². The minimum absolute atomic E-state index is 0.109. The van der Waals surface area contributed by atoms with Crippen molar-refractivity contribution < 1.29 is 9.53 Å². The van der Waals surface area contributed by atoms with Crippen molar-refractivity contribution in [3.8, 4) is 0 Å². The number of hydrogen-bond acceptors (Lipinski definition) is 4. The summed E-state index contributed by atoms with van der Waals surface area (Å²) in [6, 6.07) is 1.04. The molecule has 1 fully saturated rings. The molecule has 2 unspecified atom stereocenters. The Morgan fingerprint density at radius 2 is 2.00 bits per heavy atom. The molecule has 21 heavy (non-hydrogen) atoms. The van der Waals surface area contributed by atoms with Gasteiger partial charge in [-0.25, -0.2) is 0 Å². The van der Waals surface area contributed by atoms with Crippen LogP contribution in [0.5, 0.6) is 0 Å². The second kappa shape index (κ2) is 8.14. The fourth-order valence-corrected chi connectivity index (χ4v) is 2.68. The average molecular weight is 298 g/mol. The lowest BCUT2D eigenvalue weighted by molar-refractivity contribution is -0.151. The molecule has 0 amide bonds. The minimum Gasteiger partial charge on any atom is -0.465 e. The number of carbonyl (C=O) groups is 1. The summed E-state index contributed by atoms with van der Waals surface area (Å²) in [4.78, 5) is 14.6. The molecule has 1 N–H and O–H groups in total. The van der Waals surface area contributed by atoms with Gasteiger partial charge in [-0.3, -0.25) is 10.1 Å². The van der Waals surface area contributed by atoms with Gasteiger partial charge in [0.15, 0.2) is 0 Å². The van der Waals surface area contributed by atoms with Crippen LogP contribution in [0.3, 0.4) is 0 Å². The van der Waals surface area contributed by atoms with Crippen molar-refractivity contribution in [1.29, 1.82) is 0 Å². The molecule has 0 radical (unpaired) electrons. The smallest absolute Gasteiger partial charge is 0.326 e. The first kappa shape index (κ1) is 18.4. The molecule has 1 aliphatic carbocycles. The highest BCUT2D eigenvalue weighted by Gasteiger charge is 2.39. The van der Waals surface area contributed by atoms with Gasteiger partial charge in [0.25, 0.3) is 0 Å². The van der Waals surface area contributed by atoms with Gasteiger partial charge in [0.1, 0.15) is 5.54 Å². The first-order chi connectivity index (χ1) is 9.78. The van der Waals surface area contributed by atoms with E-state index in [-0.39, 0.29) is 5.97 Å². The summed E-state index contributed by atoms with van der Waals surface area (Å²) in [7, 11) is 2.15. The Balaban J connectivity index is 2.53. The van der Waals surface area contributed by atoms with Gasteiger partial charge in [-0.05, 0) is 59.4 Å². The van der Waals surface area contributed by atoms with Crippen LogP contribution in [-0.2, 0) is 9.53 Å². The molecule has 1 aliphatic rings. The van der Waals surface area contributed by atoms with E-state index < -0.39 is 5.54 Å². The number of carbonyl (C=O) groups excluding carboxylic acids is 1. The van der Waals surface area contributed by atoms with Crippen molar-refractivity contribution in [1.82, 2.24) is 10.2 Å². The zero-order valence-corrected chi connectivity index (χ0v) is 14.7. The Morgan fingerprint density at radius 1 is 1.38 bits per heavy atom. The third kappa shape index (κ3) is 6.35. The van der Waals surface area contributed by atoms with Gasteiger partial charge in [0.2, 0.25) is 0 Å². The highest BCUT2D eigenvalue weighted by molar-refractivity contribution is 5.80. The SMILES string of the molecule is CCOC(=O)C(C)(CCN(C)C(C)CC(C)C)NC1CC1. The normalized spacial score (nSPS) is 19.6. The summed E-state index contributed by atoms with van der Waals surface area (Å²) in [5, 5.41) is 3.49. The van der Waals surface area contributed by atoms with E-state index in [2.05, 4.69) is 38.0 Å². The van der Waals surface area contributed by atoms with Crippen LogP contribution >= 0.6 is 0 Å². The van der Waals surface area contributed by atoms with E-state index in [9.17, 15) is 4.79 Å². The third-order valence-corrected chi connectivity index (χ3v) is 4.36. The summed E-state index contributed by atoms with van der Waals surface area (Å²) < 4.78 is 5.27. The lowest BCUT2D eigenvalue weighted by Crippen LogP contribution is -2.53. The highest BCUT2D eigenvalue weighted by Crippen LogP contribution is 2.25. The minimum atomic E-state index is -0.553. The zero-order chi connectivity index (χ0) is 16.0. The molecule has 0 heterocycles. The maximum absolute atomic E-state index is 12.3. The van der Waals surface area contributed by atoms with Gasteiger partial charge in [-0.15, -0.1) is 0 Å². The van der Waals surface area contributed by atoms with Crippen LogP contribution in [0.4, 0.5) is 0 Å². The summed E-state index contributed by atoms with van der Waals surface area (Å²) in [5.74, 6) is 0.588. The Morgan fingerprint density at radius 3 is 2.48 bits per heavy atom. The number of ether oxygens (including phenoxy) is 1. The molecule has 0 saturated heterocycles. The summed E-state index contributed by atoms with van der Waals surface area (Å²) in [6.07, 6.45) is 4.33. The fourth-order valence-electron chi connectivity index (χ4n) is 2.68. The maximum atomic E-state index is 12.3. The van der Waals surface area contributed by atoms with Gasteiger partial charge in [0.05, 0.1) is 6.61 Å². The van der Waals surface area contributed by atoms with E-state index in [0.717, 1.165) is 13.0 Å². The molecular weight excluding hydrogens is 264 g/mol. The molecule has 4 nitrogen and oxygen atoms in total. The Bertz CT molecular complexity index is 329. The van der Waals surface area contributed by atoms with E-state index in [1.54, 1.807) is 0 Å². The predicted molar refractivity (Wildman–Crippen MR) is 87.4 cm³/mol. The highest BCUT2D eigenvalue weighted by atomic mass is 16.5. The molecule has 1 saturated carbocycles. The number of nitrogens with one attached hydrogen (secondary N) is 1. The first-order valence-corrected chi connectivity index (χ1v) is 8.43. The van der Waals surface area contributed by atoms with E-state index >= 15 is 0 Å². The molecule has 4 heteroatoms. The van der Waals surface area contributed by atoms with Crippen molar-refractivity contribution in [2.45, 2.75) is 77.9 Å². The average Bonchev–Trinajstić information content (AvgIpc) is 3.19. The van der Waals surface area contributed by atoms with Crippen molar-refractivity contribution in [2.75, 3.05) is 20.2 Å². The van der Waals surface area contributed by atoms with Gasteiger partial charge >= 0.3 is 5.97 Å². The molecular formula is C17H34N2O2. The number of esters is 1. The van der Waals surface area contributed by atoms with Gasteiger partial charge in [-0.1, -0.05) is 13.8 Å². The molecule has 124 valence electrons. The summed E-state index contributed by atoms with van der Waals surface area (Å²) in [5.41, 5.74) is -0.553. The third-order valence-electron chi connectivity index (χ3n) is 4.36. The topological polar surface area (TPSA) is 41.6 Å². The monoisotopic (exact) mass is 298 g/mol. The fraction of sp³-hybridized carbons (Fsp3) is 0.941. The van der Waals surface area contributed by atoms with E-state index in [4.69, 9.17) is 4.74 Å². The van der Waals surface area contributed by atoms with Crippen LogP contribution in [0.15, 0.2) is 0 Å². The second-order valence-electron chi connectivity index (χ2n) is 7.18. The molecule has 1 rings (SSSR count). The molecule has 0 spiro atoms. The number of rotatable bonds is 10. The molecule has 2 atom stereocenters. The van der Waals surface area contributed by atoms with Crippen molar-refractivity contribution >= 4 is 5.97 Å². The number of nitrogens with zero attached hydrogens (tertiary/aromatic N) is 1. The van der Waals surface area contributed by atoms with Crippen LogP contribution in [0, 0.1) is 5.92 Å². The van der Waals surface area contributed by atoms with Gasteiger partial charge in [-0.2, -0.15) is 0 Å². The van der Waals surface area contributed by atoms with Crippen molar-refractivity contribution in [3.05, 3.63) is 0 Å². The van der Waals surface area contributed by atoms with Crippen molar-refractivity contribution in [3.63, 3.8) is 0 Å². The molecule has 0 aliphatic heterocycles. The van der Waals surface area contributed by atoms with Crippen LogP contribution in [0.25, 0.3) is 0 Å². The van der Waals surface area contributed by atoms with Gasteiger partial charge in [0, 0.05) is 18.6 Å². The summed E-state index contributed by atoms with van der Waals surface area (Å²) >= 11 is 0. The largest absolute Gasteiger partial charge is 0.465 e. The first-order valence-electron chi connectivity index (χ1n) is 8.43. The van der Waals surface area contributed by atoms with Crippen LogP contribution < -0.4 is 5.32 Å². The lowest BCUT2D eigenvalue weighted by atomic mass is 9.96.